The van der Waals surface area contributed by atoms with Gasteiger partial charge in [-0.3, -0.25) is 0 Å². The Morgan fingerprint density at radius 1 is 1.47 bits per heavy atom. The topological polar surface area (TPSA) is 41.1 Å². The summed E-state index contributed by atoms with van der Waals surface area (Å²) in [4.78, 5) is 11.0. The summed E-state index contributed by atoms with van der Waals surface area (Å²) in [7, 11) is 0. The normalized spacial score (nSPS) is 10.5. The first kappa shape index (κ1) is 15.5. The van der Waals surface area contributed by atoms with Gasteiger partial charge in [-0.05, 0) is 13.3 Å². The number of rotatable bonds is 7. The van der Waals surface area contributed by atoms with Crippen LogP contribution < -0.4 is 10.2 Å². The highest BCUT2D eigenvalue weighted by Crippen LogP contribution is 2.11. The van der Waals surface area contributed by atoms with Crippen LogP contribution >= 0.6 is 0 Å². The van der Waals surface area contributed by atoms with Gasteiger partial charge in [-0.25, -0.2) is 9.97 Å². The number of aryl methyl sites for hydroxylation is 1. The molecule has 19 heavy (non-hydrogen) atoms. The number of nitrogens with zero attached hydrogens (tertiary/aromatic N) is 3. The Labute approximate surface area is 116 Å². The molecule has 0 saturated carbocycles. The van der Waals surface area contributed by atoms with Crippen molar-refractivity contribution in [1.29, 1.82) is 0 Å². The smallest absolute Gasteiger partial charge is 0.226 e. The molecule has 1 aromatic rings. The fourth-order valence-electron chi connectivity index (χ4n) is 1.75. The largest absolute Gasteiger partial charge is 0.330 e. The van der Waals surface area contributed by atoms with Crippen LogP contribution in [0.15, 0.2) is 6.20 Å². The zero-order chi connectivity index (χ0) is 14.3. The van der Waals surface area contributed by atoms with Crippen LogP contribution in [0.5, 0.6) is 0 Å². The number of hydrogen-bond donors (Lipinski definition) is 1. The Bertz CT molecular complexity index is 434. The van der Waals surface area contributed by atoms with E-state index in [1.54, 1.807) is 0 Å². The molecule has 0 aromatic carbocycles. The van der Waals surface area contributed by atoms with Gasteiger partial charge in [-0.2, -0.15) is 0 Å². The van der Waals surface area contributed by atoms with E-state index >= 15 is 0 Å². The molecule has 104 valence electrons. The lowest BCUT2D eigenvalue weighted by atomic mass is 10.2. The third kappa shape index (κ3) is 4.88. The summed E-state index contributed by atoms with van der Waals surface area (Å²) < 4.78 is 0. The predicted octanol–water partition coefficient (Wildman–Crippen LogP) is 2.13. The molecule has 1 aromatic heterocycles. The molecule has 4 nitrogen and oxygen atoms in total. The van der Waals surface area contributed by atoms with E-state index in [0.29, 0.717) is 12.6 Å². The van der Waals surface area contributed by atoms with Gasteiger partial charge in [0.2, 0.25) is 5.95 Å². The minimum atomic E-state index is 0.456. The Morgan fingerprint density at radius 2 is 2.21 bits per heavy atom. The molecule has 0 fully saturated rings. The highest BCUT2D eigenvalue weighted by atomic mass is 15.2. The highest BCUT2D eigenvalue weighted by molar-refractivity contribution is 5.34. The van der Waals surface area contributed by atoms with Gasteiger partial charge in [0.05, 0.1) is 6.54 Å². The first-order valence-corrected chi connectivity index (χ1v) is 6.82. The zero-order valence-corrected chi connectivity index (χ0v) is 12.4. The molecule has 0 atom stereocenters. The van der Waals surface area contributed by atoms with Crippen LogP contribution in [0.2, 0.25) is 0 Å². The van der Waals surface area contributed by atoms with Gasteiger partial charge in [0.15, 0.2) is 0 Å². The van der Waals surface area contributed by atoms with E-state index < -0.39 is 0 Å². The van der Waals surface area contributed by atoms with Gasteiger partial charge in [0.25, 0.3) is 0 Å². The van der Waals surface area contributed by atoms with Crippen molar-refractivity contribution < 1.29 is 0 Å². The van der Waals surface area contributed by atoms with E-state index in [4.69, 9.17) is 6.42 Å². The predicted molar refractivity (Wildman–Crippen MR) is 80.1 cm³/mol. The van der Waals surface area contributed by atoms with Crippen LogP contribution in [0.25, 0.3) is 0 Å². The standard InChI is InChI=1S/C15H24N4/c1-6-8-19(9-7-2)15-17-11-14(13(5)18-15)10-16-12(3)4/h1,11-12,16H,7-10H2,2-5H3. The molecule has 0 amide bonds. The van der Waals surface area contributed by atoms with Crippen molar-refractivity contribution in [1.82, 2.24) is 15.3 Å². The van der Waals surface area contributed by atoms with E-state index in [9.17, 15) is 0 Å². The molecule has 0 aliphatic heterocycles. The molecule has 1 heterocycles. The lowest BCUT2D eigenvalue weighted by Gasteiger charge is -2.20. The summed E-state index contributed by atoms with van der Waals surface area (Å²) in [5.41, 5.74) is 2.14. The summed E-state index contributed by atoms with van der Waals surface area (Å²) in [5, 5.41) is 3.38. The van der Waals surface area contributed by atoms with Crippen molar-refractivity contribution in [2.75, 3.05) is 18.0 Å². The summed E-state index contributed by atoms with van der Waals surface area (Å²) in [6.45, 7) is 10.6. The second kappa shape index (κ2) is 7.75. The van der Waals surface area contributed by atoms with Gasteiger partial charge in [-0.1, -0.05) is 26.7 Å². The molecule has 0 spiro atoms. The van der Waals surface area contributed by atoms with Crippen LogP contribution in [-0.4, -0.2) is 29.1 Å². The van der Waals surface area contributed by atoms with Crippen LogP contribution in [0.4, 0.5) is 5.95 Å². The lowest BCUT2D eigenvalue weighted by molar-refractivity contribution is 0.584. The molecule has 4 heteroatoms. The van der Waals surface area contributed by atoms with Crippen LogP contribution in [0.1, 0.15) is 38.4 Å². The molecule has 0 bridgehead atoms. The Morgan fingerprint density at radius 3 is 2.74 bits per heavy atom. The summed E-state index contributed by atoms with van der Waals surface area (Å²) in [6, 6.07) is 0.456. The van der Waals surface area contributed by atoms with Gasteiger partial charge < -0.3 is 10.2 Å². The van der Waals surface area contributed by atoms with Gasteiger partial charge in [0, 0.05) is 36.6 Å². The molecule has 0 aliphatic carbocycles. The molecule has 1 N–H and O–H groups in total. The minimum Gasteiger partial charge on any atom is -0.330 e. The molecular weight excluding hydrogens is 236 g/mol. The van der Waals surface area contributed by atoms with Crippen LogP contribution in [0, 0.1) is 19.3 Å². The van der Waals surface area contributed by atoms with Crippen LogP contribution in [-0.2, 0) is 6.54 Å². The maximum Gasteiger partial charge on any atom is 0.226 e. The number of nitrogens with one attached hydrogen (secondary N) is 1. The van der Waals surface area contributed by atoms with Crippen molar-refractivity contribution >= 4 is 5.95 Å². The second-order valence-electron chi connectivity index (χ2n) is 4.94. The van der Waals surface area contributed by atoms with E-state index in [1.807, 2.05) is 18.0 Å². The van der Waals surface area contributed by atoms with E-state index in [1.165, 1.54) is 0 Å². The lowest BCUT2D eigenvalue weighted by Crippen LogP contribution is -2.27. The molecule has 0 unspecified atom stereocenters. The second-order valence-corrected chi connectivity index (χ2v) is 4.94. The maximum atomic E-state index is 5.39. The maximum absolute atomic E-state index is 5.39. The van der Waals surface area contributed by atoms with Crippen molar-refractivity contribution in [2.45, 2.75) is 46.7 Å². The molecular formula is C15H24N4. The van der Waals surface area contributed by atoms with E-state index in [2.05, 4.69) is 42.0 Å². The summed E-state index contributed by atoms with van der Waals surface area (Å²) >= 11 is 0. The number of hydrogen-bond acceptors (Lipinski definition) is 4. The fraction of sp³-hybridized carbons (Fsp3) is 0.600. The molecule has 0 saturated heterocycles. The van der Waals surface area contributed by atoms with Crippen LogP contribution in [0.3, 0.4) is 0 Å². The summed E-state index contributed by atoms with van der Waals surface area (Å²) in [6.07, 6.45) is 8.31. The SMILES string of the molecule is C#CCN(CCC)c1ncc(CNC(C)C)c(C)n1. The first-order chi connectivity index (χ1) is 9.08. The molecule has 0 aliphatic rings. The summed E-state index contributed by atoms with van der Waals surface area (Å²) in [5.74, 6) is 3.39. The average molecular weight is 260 g/mol. The first-order valence-electron chi connectivity index (χ1n) is 6.82. The third-order valence-corrected chi connectivity index (χ3v) is 2.83. The molecule has 1 rings (SSSR count). The minimum absolute atomic E-state index is 0.456. The highest BCUT2D eigenvalue weighted by Gasteiger charge is 2.09. The quantitative estimate of drug-likeness (QED) is 0.763. The van der Waals surface area contributed by atoms with Crippen molar-refractivity contribution in [3.05, 3.63) is 17.5 Å². The van der Waals surface area contributed by atoms with E-state index in [0.717, 1.165) is 36.7 Å². The van der Waals surface area contributed by atoms with Crippen molar-refractivity contribution in [2.24, 2.45) is 0 Å². The van der Waals surface area contributed by atoms with Crippen molar-refractivity contribution in [3.8, 4) is 12.3 Å². The Kier molecular flexibility index (Phi) is 6.31. The Hall–Kier alpha value is -1.60. The fourth-order valence-corrected chi connectivity index (χ4v) is 1.75. The number of anilines is 1. The Balaban J connectivity index is 2.82. The van der Waals surface area contributed by atoms with Gasteiger partial charge in [0.1, 0.15) is 0 Å². The number of aromatic nitrogens is 2. The monoisotopic (exact) mass is 260 g/mol. The zero-order valence-electron chi connectivity index (χ0n) is 12.4. The van der Waals surface area contributed by atoms with Crippen molar-refractivity contribution in [3.63, 3.8) is 0 Å². The van der Waals surface area contributed by atoms with E-state index in [-0.39, 0.29) is 0 Å². The van der Waals surface area contributed by atoms with Gasteiger partial charge >= 0.3 is 0 Å². The number of terminal acetylenes is 1. The third-order valence-electron chi connectivity index (χ3n) is 2.83. The average Bonchev–Trinajstić information content (AvgIpc) is 2.37. The molecule has 0 radical (unpaired) electrons. The van der Waals surface area contributed by atoms with Gasteiger partial charge in [-0.15, -0.1) is 6.42 Å².